The monoisotopic (exact) mass is 466 g/mol. The fourth-order valence-corrected chi connectivity index (χ4v) is 3.68. The van der Waals surface area contributed by atoms with Crippen LogP contribution in [0, 0.1) is 0 Å². The van der Waals surface area contributed by atoms with Crippen LogP contribution in [-0.2, 0) is 11.2 Å². The average Bonchev–Trinajstić information content (AvgIpc) is 3.31. The molecule has 7 nitrogen and oxygen atoms in total. The first-order valence-corrected chi connectivity index (χ1v) is 10.3. The molecule has 4 rings (SSSR count). The van der Waals surface area contributed by atoms with E-state index < -0.39 is 0 Å². The lowest BCUT2D eigenvalue weighted by Gasteiger charge is -2.13. The maximum Gasteiger partial charge on any atom is 0.261 e. The number of amides is 3. The zero-order chi connectivity index (χ0) is 21.1. The minimum Gasteiger partial charge on any atom is -0.356 e. The van der Waals surface area contributed by atoms with E-state index >= 15 is 0 Å². The average molecular weight is 467 g/mol. The van der Waals surface area contributed by atoms with Crippen LogP contribution in [0.4, 0.5) is 0 Å². The van der Waals surface area contributed by atoms with E-state index in [4.69, 9.17) is 0 Å². The molecule has 1 aromatic heterocycles. The molecule has 3 aromatic rings. The predicted molar refractivity (Wildman–Crippen MR) is 114 cm³/mol. The molecule has 0 aliphatic carbocycles. The molecule has 0 unspecified atom stereocenters. The topological polar surface area (TPSA) is 84.3 Å². The highest BCUT2D eigenvalue weighted by atomic mass is 79.9. The molecule has 0 saturated heterocycles. The van der Waals surface area contributed by atoms with Gasteiger partial charge in [0.1, 0.15) is 0 Å². The Balaban J connectivity index is 1.25. The minimum atomic E-state index is -0.365. The van der Waals surface area contributed by atoms with Gasteiger partial charge in [0, 0.05) is 36.6 Å². The number of halogens is 1. The van der Waals surface area contributed by atoms with Gasteiger partial charge in [0.05, 0.1) is 22.5 Å². The molecule has 8 heteroatoms. The molecule has 1 N–H and O–H groups in total. The third-order valence-corrected chi connectivity index (χ3v) is 5.36. The molecule has 2 aromatic carbocycles. The lowest BCUT2D eigenvalue weighted by atomic mass is 10.1. The smallest absolute Gasteiger partial charge is 0.261 e. The Bertz CT molecular complexity index is 1110. The standard InChI is InChI=1S/C22H19BrN4O3/c23-15-6-7-18-19(14-15)22(30)26(21(18)29)12-10-20(28)24-11-8-16-9-13-27(25-16)17-4-2-1-3-5-17/h1-7,9,13-14H,8,10-12H2,(H,24,28). The molecule has 0 fully saturated rings. The summed E-state index contributed by atoms with van der Waals surface area (Å²) in [6.45, 7) is 0.484. The van der Waals surface area contributed by atoms with Gasteiger partial charge in [-0.25, -0.2) is 4.68 Å². The van der Waals surface area contributed by atoms with Crippen molar-refractivity contribution < 1.29 is 14.4 Å². The first-order valence-electron chi connectivity index (χ1n) is 9.55. The molecule has 0 saturated carbocycles. The second-order valence-electron chi connectivity index (χ2n) is 6.89. The number of carbonyl (C=O) groups excluding carboxylic acids is 3. The third kappa shape index (κ3) is 4.18. The first-order chi connectivity index (χ1) is 14.5. The molecule has 1 aliphatic rings. The minimum absolute atomic E-state index is 0.0540. The maximum atomic E-state index is 12.4. The Morgan fingerprint density at radius 2 is 1.77 bits per heavy atom. The molecule has 2 heterocycles. The predicted octanol–water partition coefficient (Wildman–Crippen LogP) is 2.98. The van der Waals surface area contributed by atoms with Gasteiger partial charge in [-0.05, 0) is 36.4 Å². The van der Waals surface area contributed by atoms with E-state index in [0.717, 1.165) is 20.8 Å². The second kappa shape index (κ2) is 8.62. The van der Waals surface area contributed by atoms with Crippen molar-refractivity contribution in [1.82, 2.24) is 20.0 Å². The van der Waals surface area contributed by atoms with Gasteiger partial charge in [0.15, 0.2) is 0 Å². The third-order valence-electron chi connectivity index (χ3n) is 4.86. The van der Waals surface area contributed by atoms with E-state index in [1.165, 1.54) is 0 Å². The molecule has 0 atom stereocenters. The van der Waals surface area contributed by atoms with Crippen molar-refractivity contribution in [1.29, 1.82) is 0 Å². The summed E-state index contributed by atoms with van der Waals surface area (Å²) in [7, 11) is 0. The summed E-state index contributed by atoms with van der Waals surface area (Å²) in [5, 5.41) is 7.32. The zero-order valence-electron chi connectivity index (χ0n) is 16.0. The molecule has 1 aliphatic heterocycles. The number of carbonyl (C=O) groups is 3. The van der Waals surface area contributed by atoms with Gasteiger partial charge in [-0.3, -0.25) is 19.3 Å². The van der Waals surface area contributed by atoms with Crippen molar-refractivity contribution in [2.24, 2.45) is 0 Å². The van der Waals surface area contributed by atoms with Crippen LogP contribution in [0.3, 0.4) is 0 Å². The van der Waals surface area contributed by atoms with E-state index in [1.807, 2.05) is 42.6 Å². The van der Waals surface area contributed by atoms with E-state index in [2.05, 4.69) is 26.3 Å². The van der Waals surface area contributed by atoms with Gasteiger partial charge in [-0.1, -0.05) is 34.1 Å². The molecule has 30 heavy (non-hydrogen) atoms. The van der Waals surface area contributed by atoms with Crippen LogP contribution in [0.25, 0.3) is 5.69 Å². The Morgan fingerprint density at radius 3 is 2.57 bits per heavy atom. The number of hydrogen-bond donors (Lipinski definition) is 1. The number of benzene rings is 2. The number of rotatable bonds is 7. The number of hydrogen-bond acceptors (Lipinski definition) is 4. The molecule has 152 valence electrons. The van der Waals surface area contributed by atoms with Gasteiger partial charge in [-0.2, -0.15) is 5.10 Å². The molecular formula is C22H19BrN4O3. The summed E-state index contributed by atoms with van der Waals surface area (Å²) in [6.07, 6.45) is 2.53. The van der Waals surface area contributed by atoms with Gasteiger partial charge in [0.2, 0.25) is 5.91 Å². The second-order valence-corrected chi connectivity index (χ2v) is 7.80. The summed E-state index contributed by atoms with van der Waals surface area (Å²) >= 11 is 3.30. The summed E-state index contributed by atoms with van der Waals surface area (Å²) in [6, 6.07) is 16.7. The van der Waals surface area contributed by atoms with Crippen molar-refractivity contribution >= 4 is 33.7 Å². The lowest BCUT2D eigenvalue weighted by molar-refractivity contribution is -0.121. The van der Waals surface area contributed by atoms with Crippen molar-refractivity contribution in [2.45, 2.75) is 12.8 Å². The highest BCUT2D eigenvalue weighted by molar-refractivity contribution is 9.10. The van der Waals surface area contributed by atoms with E-state index in [0.29, 0.717) is 24.1 Å². The van der Waals surface area contributed by atoms with E-state index in [-0.39, 0.29) is 30.7 Å². The van der Waals surface area contributed by atoms with Gasteiger partial charge in [-0.15, -0.1) is 0 Å². The number of para-hydroxylation sites is 1. The van der Waals surface area contributed by atoms with Crippen molar-refractivity contribution in [3.05, 3.63) is 82.1 Å². The number of imide groups is 1. The molecule has 0 radical (unpaired) electrons. The maximum absolute atomic E-state index is 12.4. The molecule has 0 spiro atoms. The van der Waals surface area contributed by atoms with Crippen molar-refractivity contribution in [3.8, 4) is 5.69 Å². The highest BCUT2D eigenvalue weighted by Gasteiger charge is 2.35. The Morgan fingerprint density at radius 1 is 1.00 bits per heavy atom. The van der Waals surface area contributed by atoms with Gasteiger partial charge >= 0.3 is 0 Å². The Kier molecular flexibility index (Phi) is 5.76. The normalized spacial score (nSPS) is 12.9. The first kappa shape index (κ1) is 20.0. The zero-order valence-corrected chi connectivity index (χ0v) is 17.6. The van der Waals surface area contributed by atoms with Crippen LogP contribution in [0.5, 0.6) is 0 Å². The van der Waals surface area contributed by atoms with Crippen molar-refractivity contribution in [3.63, 3.8) is 0 Å². The van der Waals surface area contributed by atoms with E-state index in [1.54, 1.807) is 22.9 Å². The largest absolute Gasteiger partial charge is 0.356 e. The molecule has 3 amide bonds. The van der Waals surface area contributed by atoms with Crippen LogP contribution >= 0.6 is 15.9 Å². The lowest BCUT2D eigenvalue weighted by Crippen LogP contribution is -2.35. The fourth-order valence-electron chi connectivity index (χ4n) is 3.32. The summed E-state index contributed by atoms with van der Waals surface area (Å²) in [5.74, 6) is -0.937. The summed E-state index contributed by atoms with van der Waals surface area (Å²) < 4.78 is 2.52. The number of fused-ring (bicyclic) bond motifs is 1. The fraction of sp³-hybridized carbons (Fsp3) is 0.182. The van der Waals surface area contributed by atoms with Crippen molar-refractivity contribution in [2.75, 3.05) is 13.1 Å². The molecule has 0 bridgehead atoms. The molecular weight excluding hydrogens is 448 g/mol. The number of aromatic nitrogens is 2. The van der Waals surface area contributed by atoms with Gasteiger partial charge in [0.25, 0.3) is 11.8 Å². The summed E-state index contributed by atoms with van der Waals surface area (Å²) in [4.78, 5) is 38.1. The number of nitrogens with one attached hydrogen (secondary N) is 1. The van der Waals surface area contributed by atoms with Crippen LogP contribution in [-0.4, -0.2) is 45.5 Å². The summed E-state index contributed by atoms with van der Waals surface area (Å²) in [5.41, 5.74) is 2.58. The van der Waals surface area contributed by atoms with Crippen LogP contribution in [0.2, 0.25) is 0 Å². The van der Waals surface area contributed by atoms with Crippen LogP contribution in [0.1, 0.15) is 32.8 Å². The van der Waals surface area contributed by atoms with Gasteiger partial charge < -0.3 is 5.32 Å². The van der Waals surface area contributed by atoms with Crippen LogP contribution < -0.4 is 5.32 Å². The SMILES string of the molecule is O=C(CCN1C(=O)c2ccc(Br)cc2C1=O)NCCc1ccn(-c2ccccc2)n1. The van der Waals surface area contributed by atoms with E-state index in [9.17, 15) is 14.4 Å². The quantitative estimate of drug-likeness (QED) is 0.542. The Hall–Kier alpha value is -3.26. The van der Waals surface area contributed by atoms with Crippen LogP contribution in [0.15, 0.2) is 65.3 Å². The Labute approximate surface area is 181 Å². The highest BCUT2D eigenvalue weighted by Crippen LogP contribution is 2.26. The number of nitrogens with zero attached hydrogens (tertiary/aromatic N) is 3.